The lowest BCUT2D eigenvalue weighted by Gasteiger charge is -2.31. The minimum atomic E-state index is -0.266. The molecule has 2 saturated heterocycles. The van der Waals surface area contributed by atoms with Crippen LogP contribution >= 0.6 is 11.3 Å². The van der Waals surface area contributed by atoms with Crippen LogP contribution in [0.2, 0.25) is 0 Å². The standard InChI is InChI=1S/C29H34N4O2S/c1-29(2)19-24-25(28(33-13-15-35-16-14-33)36-26(24)27(34)31-29)22-7-3-5-20(17-22)21-6-4-8-23(18-21)32-11-9-30-10-12-32/h3-8,17-18,30H,9-16,19H2,1-2H3,(H,31,34). The van der Waals surface area contributed by atoms with Crippen molar-refractivity contribution >= 4 is 27.9 Å². The Morgan fingerprint density at radius 3 is 2.36 bits per heavy atom. The molecule has 4 heterocycles. The fraction of sp³-hybridized carbons (Fsp3) is 0.414. The van der Waals surface area contributed by atoms with E-state index >= 15 is 0 Å². The zero-order valence-electron chi connectivity index (χ0n) is 21.1. The van der Waals surface area contributed by atoms with Crippen LogP contribution in [-0.4, -0.2) is 63.9 Å². The first-order chi connectivity index (χ1) is 17.5. The van der Waals surface area contributed by atoms with Gasteiger partial charge >= 0.3 is 0 Å². The van der Waals surface area contributed by atoms with E-state index in [2.05, 4.69) is 82.8 Å². The fourth-order valence-electron chi connectivity index (χ4n) is 5.60. The van der Waals surface area contributed by atoms with E-state index in [1.54, 1.807) is 11.3 Å². The average molecular weight is 503 g/mol. The van der Waals surface area contributed by atoms with Crippen molar-refractivity contribution in [1.29, 1.82) is 0 Å². The maximum atomic E-state index is 13.1. The van der Waals surface area contributed by atoms with E-state index in [1.807, 2.05) is 0 Å². The molecule has 7 heteroatoms. The van der Waals surface area contributed by atoms with Crippen LogP contribution in [-0.2, 0) is 11.2 Å². The summed E-state index contributed by atoms with van der Waals surface area (Å²) >= 11 is 1.64. The van der Waals surface area contributed by atoms with E-state index in [9.17, 15) is 4.79 Å². The molecule has 3 aliphatic heterocycles. The highest BCUT2D eigenvalue weighted by atomic mass is 32.1. The Labute approximate surface area is 217 Å². The molecule has 2 aromatic carbocycles. The van der Waals surface area contributed by atoms with Gasteiger partial charge in [-0.25, -0.2) is 0 Å². The van der Waals surface area contributed by atoms with Gasteiger partial charge in [-0.3, -0.25) is 4.79 Å². The third-order valence-corrected chi connectivity index (χ3v) is 8.67. The number of thiophene rings is 1. The zero-order valence-corrected chi connectivity index (χ0v) is 21.9. The summed E-state index contributed by atoms with van der Waals surface area (Å²) in [7, 11) is 0. The van der Waals surface area contributed by atoms with Crippen molar-refractivity contribution < 1.29 is 9.53 Å². The van der Waals surface area contributed by atoms with Crippen LogP contribution in [0.1, 0.15) is 29.1 Å². The summed E-state index contributed by atoms with van der Waals surface area (Å²) in [6, 6.07) is 17.8. The molecule has 3 aliphatic rings. The Morgan fingerprint density at radius 2 is 1.58 bits per heavy atom. The number of rotatable bonds is 4. The number of anilines is 2. The minimum absolute atomic E-state index is 0.0480. The van der Waals surface area contributed by atoms with Gasteiger partial charge in [0, 0.05) is 56.1 Å². The fourth-order valence-corrected chi connectivity index (χ4v) is 6.89. The van der Waals surface area contributed by atoms with E-state index in [4.69, 9.17) is 4.74 Å². The number of morpholine rings is 1. The van der Waals surface area contributed by atoms with Gasteiger partial charge in [-0.1, -0.05) is 30.3 Å². The van der Waals surface area contributed by atoms with Crippen LogP contribution in [0.25, 0.3) is 22.3 Å². The van der Waals surface area contributed by atoms with Crippen molar-refractivity contribution in [2.45, 2.75) is 25.8 Å². The van der Waals surface area contributed by atoms with E-state index in [1.165, 1.54) is 38.5 Å². The summed E-state index contributed by atoms with van der Waals surface area (Å²) in [4.78, 5) is 18.8. The molecule has 0 saturated carbocycles. The number of benzene rings is 2. The SMILES string of the molecule is CC1(C)Cc2c(sc(N3CCOCC3)c2-c2cccc(-c3cccc(N4CCNCC4)c3)c2)C(=O)N1. The number of carbonyl (C=O) groups is 1. The van der Waals surface area contributed by atoms with E-state index in [0.717, 1.165) is 63.8 Å². The van der Waals surface area contributed by atoms with Crippen LogP contribution in [0.5, 0.6) is 0 Å². The zero-order chi connectivity index (χ0) is 24.7. The second kappa shape index (κ2) is 9.54. The molecule has 3 aromatic rings. The molecule has 1 aromatic heterocycles. The Balaban J connectivity index is 1.43. The van der Waals surface area contributed by atoms with Gasteiger partial charge in [0.15, 0.2) is 0 Å². The van der Waals surface area contributed by atoms with Crippen molar-refractivity contribution in [3.05, 3.63) is 59.0 Å². The number of hydrogen-bond acceptors (Lipinski definition) is 6. The molecule has 0 unspecified atom stereocenters. The Kier molecular flexibility index (Phi) is 6.23. The lowest BCUT2D eigenvalue weighted by molar-refractivity contribution is 0.0902. The maximum Gasteiger partial charge on any atom is 0.262 e. The smallest absolute Gasteiger partial charge is 0.262 e. The van der Waals surface area contributed by atoms with E-state index in [0.29, 0.717) is 0 Å². The van der Waals surface area contributed by atoms with Gasteiger partial charge in [-0.2, -0.15) is 0 Å². The number of ether oxygens (including phenoxy) is 1. The van der Waals surface area contributed by atoms with Crippen LogP contribution < -0.4 is 20.4 Å². The summed E-state index contributed by atoms with van der Waals surface area (Å²) in [5, 5.41) is 7.84. The van der Waals surface area contributed by atoms with Gasteiger partial charge in [0.25, 0.3) is 5.91 Å². The first kappa shape index (κ1) is 23.5. The normalized spacial score (nSPS) is 19.7. The maximum absolute atomic E-state index is 13.1. The first-order valence-electron chi connectivity index (χ1n) is 13.0. The Morgan fingerprint density at radius 1 is 0.889 bits per heavy atom. The topological polar surface area (TPSA) is 56.8 Å². The van der Waals surface area contributed by atoms with Crippen molar-refractivity contribution in [2.24, 2.45) is 0 Å². The number of nitrogens with one attached hydrogen (secondary N) is 2. The first-order valence-corrected chi connectivity index (χ1v) is 13.8. The molecule has 0 radical (unpaired) electrons. The quantitative estimate of drug-likeness (QED) is 0.554. The summed E-state index contributed by atoms with van der Waals surface area (Å²) in [6.07, 6.45) is 0.826. The minimum Gasteiger partial charge on any atom is -0.378 e. The molecule has 2 N–H and O–H groups in total. The van der Waals surface area contributed by atoms with Crippen molar-refractivity contribution in [2.75, 3.05) is 62.3 Å². The number of amides is 1. The number of nitrogens with zero attached hydrogens (tertiary/aromatic N) is 2. The number of hydrogen-bond donors (Lipinski definition) is 2. The second-order valence-electron chi connectivity index (χ2n) is 10.6. The molecule has 0 aliphatic carbocycles. The highest BCUT2D eigenvalue weighted by molar-refractivity contribution is 7.19. The van der Waals surface area contributed by atoms with Crippen LogP contribution in [0.3, 0.4) is 0 Å². The largest absolute Gasteiger partial charge is 0.378 e. The van der Waals surface area contributed by atoms with Crippen molar-refractivity contribution in [3.63, 3.8) is 0 Å². The summed E-state index contributed by atoms with van der Waals surface area (Å²) < 4.78 is 5.64. The Hall–Kier alpha value is -2.87. The van der Waals surface area contributed by atoms with Crippen LogP contribution in [0.15, 0.2) is 48.5 Å². The summed E-state index contributed by atoms with van der Waals surface area (Å²) in [6.45, 7) is 11.5. The monoisotopic (exact) mass is 502 g/mol. The predicted molar refractivity (Wildman–Crippen MR) is 149 cm³/mol. The summed E-state index contributed by atoms with van der Waals surface area (Å²) in [5.74, 6) is 0.0480. The van der Waals surface area contributed by atoms with Gasteiger partial charge in [-0.05, 0) is 60.7 Å². The molecule has 0 atom stereocenters. The van der Waals surface area contributed by atoms with Crippen LogP contribution in [0.4, 0.5) is 10.7 Å². The molecule has 188 valence electrons. The molecule has 0 bridgehead atoms. The van der Waals surface area contributed by atoms with Gasteiger partial charge in [0.05, 0.1) is 18.1 Å². The third-order valence-electron chi connectivity index (χ3n) is 7.38. The van der Waals surface area contributed by atoms with Gasteiger partial charge < -0.3 is 25.2 Å². The lowest BCUT2D eigenvalue weighted by atomic mass is 9.86. The summed E-state index contributed by atoms with van der Waals surface area (Å²) in [5.41, 5.74) is 7.03. The number of carbonyl (C=O) groups excluding carboxylic acids is 1. The number of piperazine rings is 1. The lowest BCUT2D eigenvalue weighted by Crippen LogP contribution is -2.48. The highest BCUT2D eigenvalue weighted by Gasteiger charge is 2.36. The second-order valence-corrected chi connectivity index (χ2v) is 11.6. The van der Waals surface area contributed by atoms with Gasteiger partial charge in [0.1, 0.15) is 5.00 Å². The van der Waals surface area contributed by atoms with Crippen molar-refractivity contribution in [3.8, 4) is 22.3 Å². The van der Waals surface area contributed by atoms with E-state index in [-0.39, 0.29) is 11.4 Å². The molecular weight excluding hydrogens is 468 g/mol. The molecule has 6 rings (SSSR count). The molecule has 1 amide bonds. The predicted octanol–water partition coefficient (Wildman–Crippen LogP) is 4.39. The molecule has 36 heavy (non-hydrogen) atoms. The average Bonchev–Trinajstić information content (AvgIpc) is 3.28. The van der Waals surface area contributed by atoms with Gasteiger partial charge in [-0.15, -0.1) is 11.3 Å². The highest BCUT2D eigenvalue weighted by Crippen LogP contribution is 2.47. The molecular formula is C29H34N4O2S. The third kappa shape index (κ3) is 4.51. The van der Waals surface area contributed by atoms with Crippen molar-refractivity contribution in [1.82, 2.24) is 10.6 Å². The van der Waals surface area contributed by atoms with E-state index < -0.39 is 0 Å². The molecule has 2 fully saturated rings. The van der Waals surface area contributed by atoms with Gasteiger partial charge in [0.2, 0.25) is 0 Å². The van der Waals surface area contributed by atoms with Crippen LogP contribution in [0, 0.1) is 0 Å². The molecule has 6 nitrogen and oxygen atoms in total. The Bertz CT molecular complexity index is 1270. The number of fused-ring (bicyclic) bond motifs is 1. The molecule has 0 spiro atoms.